The monoisotopic (exact) mass is 280 g/mol. The molecule has 0 unspecified atom stereocenters. The van der Waals surface area contributed by atoms with Crippen LogP contribution in [-0.4, -0.2) is 33.0 Å². The highest BCUT2D eigenvalue weighted by Gasteiger charge is 2.19. The number of aryl methyl sites for hydroxylation is 1. The molecule has 0 aliphatic carbocycles. The lowest BCUT2D eigenvalue weighted by Crippen LogP contribution is -2.12. The quantitative estimate of drug-likeness (QED) is 0.819. The van der Waals surface area contributed by atoms with E-state index in [0.29, 0.717) is 24.4 Å². The minimum Gasteiger partial charge on any atom is -0.462 e. The van der Waals surface area contributed by atoms with Crippen molar-refractivity contribution in [2.75, 3.05) is 18.5 Å². The van der Waals surface area contributed by atoms with E-state index < -0.39 is 0 Å². The Kier molecular flexibility index (Phi) is 4.51. The van der Waals surface area contributed by atoms with Crippen molar-refractivity contribution in [3.63, 3.8) is 0 Å². The molecule has 0 aliphatic heterocycles. The molecular formula is C12H16N4O2S. The van der Waals surface area contributed by atoms with E-state index in [0.717, 1.165) is 11.5 Å². The normalized spacial score (nSPS) is 10.4. The molecule has 0 atom stereocenters. The Labute approximate surface area is 115 Å². The first-order valence-corrected chi connectivity index (χ1v) is 6.82. The minimum absolute atomic E-state index is 0.320. The van der Waals surface area contributed by atoms with Crippen LogP contribution in [0.2, 0.25) is 0 Å². The summed E-state index contributed by atoms with van der Waals surface area (Å²) in [5.74, 6) is -0.320. The van der Waals surface area contributed by atoms with Gasteiger partial charge in [0.25, 0.3) is 0 Å². The van der Waals surface area contributed by atoms with Crippen LogP contribution in [0.1, 0.15) is 23.0 Å². The Morgan fingerprint density at radius 1 is 1.58 bits per heavy atom. The molecule has 2 heterocycles. The van der Waals surface area contributed by atoms with E-state index in [1.165, 1.54) is 11.5 Å². The summed E-state index contributed by atoms with van der Waals surface area (Å²) in [7, 11) is 0. The van der Waals surface area contributed by atoms with Crippen LogP contribution in [0.3, 0.4) is 0 Å². The number of nitrogens with zero attached hydrogens (tertiary/aromatic N) is 3. The minimum atomic E-state index is -0.320. The fourth-order valence-electron chi connectivity index (χ4n) is 1.65. The van der Waals surface area contributed by atoms with Gasteiger partial charge >= 0.3 is 5.97 Å². The molecule has 0 bridgehead atoms. The van der Waals surface area contributed by atoms with Crippen molar-refractivity contribution in [3.8, 4) is 0 Å². The maximum Gasteiger partial charge on any atom is 0.343 e. The zero-order chi connectivity index (χ0) is 13.7. The number of carbonyl (C=O) groups excluding carboxylic acids is 1. The van der Waals surface area contributed by atoms with E-state index in [9.17, 15) is 4.79 Å². The first-order valence-electron chi connectivity index (χ1n) is 6.05. The maximum atomic E-state index is 11.8. The van der Waals surface area contributed by atoms with Gasteiger partial charge in [-0.15, -0.1) is 0 Å². The largest absolute Gasteiger partial charge is 0.462 e. The second-order valence-electron chi connectivity index (χ2n) is 3.92. The molecule has 0 aliphatic rings. The summed E-state index contributed by atoms with van der Waals surface area (Å²) in [6.45, 7) is 5.44. The Balaban J connectivity index is 1.98. The first kappa shape index (κ1) is 13.5. The smallest absolute Gasteiger partial charge is 0.343 e. The number of carbonyl (C=O) groups is 1. The molecule has 2 aromatic heterocycles. The van der Waals surface area contributed by atoms with Crippen molar-refractivity contribution >= 4 is 22.5 Å². The van der Waals surface area contributed by atoms with E-state index in [2.05, 4.69) is 14.7 Å². The van der Waals surface area contributed by atoms with Gasteiger partial charge in [-0.25, -0.2) is 9.78 Å². The van der Waals surface area contributed by atoms with Crippen LogP contribution in [0.25, 0.3) is 0 Å². The Bertz CT molecular complexity index is 536. The summed E-state index contributed by atoms with van der Waals surface area (Å²) >= 11 is 1.28. The Morgan fingerprint density at radius 2 is 2.42 bits per heavy atom. The molecule has 0 aromatic carbocycles. The zero-order valence-electron chi connectivity index (χ0n) is 10.9. The van der Waals surface area contributed by atoms with Crippen molar-refractivity contribution in [2.45, 2.75) is 20.4 Å². The number of rotatable bonds is 6. The number of hydrogen-bond donors (Lipinski definition) is 1. The van der Waals surface area contributed by atoms with E-state index in [4.69, 9.17) is 4.74 Å². The molecule has 0 amide bonds. The van der Waals surface area contributed by atoms with Crippen LogP contribution in [0.15, 0.2) is 18.7 Å². The van der Waals surface area contributed by atoms with Crippen LogP contribution in [0.5, 0.6) is 0 Å². The average Bonchev–Trinajstić information content (AvgIpc) is 3.00. The molecule has 0 saturated heterocycles. The summed E-state index contributed by atoms with van der Waals surface area (Å²) in [5, 5.41) is 3.98. The third-order valence-electron chi connectivity index (χ3n) is 2.56. The molecule has 102 valence electrons. The predicted octanol–water partition coefficient (Wildman–Crippen LogP) is 1.94. The molecule has 2 aromatic rings. The molecular weight excluding hydrogens is 264 g/mol. The van der Waals surface area contributed by atoms with Crippen LogP contribution in [0, 0.1) is 6.92 Å². The van der Waals surface area contributed by atoms with Gasteiger partial charge in [-0.1, -0.05) is 0 Å². The molecule has 2 rings (SSSR count). The number of imidazole rings is 1. The molecule has 0 fully saturated rings. The summed E-state index contributed by atoms with van der Waals surface area (Å²) in [6, 6.07) is 0. The average molecular weight is 280 g/mol. The topological polar surface area (TPSA) is 69.0 Å². The second kappa shape index (κ2) is 6.33. The van der Waals surface area contributed by atoms with Crippen molar-refractivity contribution in [2.24, 2.45) is 0 Å². The molecule has 7 heteroatoms. The van der Waals surface area contributed by atoms with Gasteiger partial charge < -0.3 is 14.6 Å². The molecule has 0 saturated carbocycles. The number of nitrogens with one attached hydrogen (secondary N) is 1. The van der Waals surface area contributed by atoms with Gasteiger partial charge in [0, 0.05) is 25.5 Å². The van der Waals surface area contributed by atoms with Gasteiger partial charge in [-0.05, 0) is 25.4 Å². The standard InChI is InChI=1S/C12H16N4O2S/c1-3-18-12(17)10-9(2)15-19-11(10)14-5-7-16-6-4-13-8-16/h4,6,8,14H,3,5,7H2,1-2H3. The lowest BCUT2D eigenvalue weighted by molar-refractivity contribution is 0.0527. The van der Waals surface area contributed by atoms with E-state index in [-0.39, 0.29) is 5.97 Å². The summed E-state index contributed by atoms with van der Waals surface area (Å²) in [6.07, 6.45) is 5.39. The van der Waals surface area contributed by atoms with Crippen LogP contribution in [-0.2, 0) is 11.3 Å². The summed E-state index contributed by atoms with van der Waals surface area (Å²) in [5.41, 5.74) is 1.24. The van der Waals surface area contributed by atoms with Crippen LogP contribution < -0.4 is 5.32 Å². The lowest BCUT2D eigenvalue weighted by atomic mass is 10.2. The van der Waals surface area contributed by atoms with Gasteiger partial charge in [0.15, 0.2) is 0 Å². The van der Waals surface area contributed by atoms with E-state index in [1.807, 2.05) is 17.7 Å². The first-order chi connectivity index (χ1) is 9.22. The number of esters is 1. The van der Waals surface area contributed by atoms with Gasteiger partial charge in [0.2, 0.25) is 0 Å². The van der Waals surface area contributed by atoms with Crippen LogP contribution >= 0.6 is 11.5 Å². The highest BCUT2D eigenvalue weighted by atomic mass is 32.1. The van der Waals surface area contributed by atoms with Crippen molar-refractivity contribution in [1.29, 1.82) is 0 Å². The molecule has 19 heavy (non-hydrogen) atoms. The number of ether oxygens (including phenoxy) is 1. The number of anilines is 1. The van der Waals surface area contributed by atoms with Crippen molar-refractivity contribution in [1.82, 2.24) is 13.9 Å². The SMILES string of the molecule is CCOC(=O)c1c(C)nsc1NCCn1ccnc1. The van der Waals surface area contributed by atoms with Gasteiger partial charge in [-0.2, -0.15) is 4.37 Å². The lowest BCUT2D eigenvalue weighted by Gasteiger charge is -2.07. The Morgan fingerprint density at radius 3 is 3.11 bits per heavy atom. The van der Waals surface area contributed by atoms with E-state index >= 15 is 0 Å². The van der Waals surface area contributed by atoms with E-state index in [1.54, 1.807) is 19.4 Å². The maximum absolute atomic E-state index is 11.8. The summed E-state index contributed by atoms with van der Waals surface area (Å²) < 4.78 is 11.2. The van der Waals surface area contributed by atoms with Gasteiger partial charge in [0.05, 0.1) is 18.6 Å². The van der Waals surface area contributed by atoms with Crippen molar-refractivity contribution in [3.05, 3.63) is 30.0 Å². The summed E-state index contributed by atoms with van der Waals surface area (Å²) in [4.78, 5) is 15.8. The van der Waals surface area contributed by atoms with Crippen LogP contribution in [0.4, 0.5) is 5.00 Å². The third-order valence-corrected chi connectivity index (χ3v) is 3.45. The molecule has 0 spiro atoms. The Hall–Kier alpha value is -1.89. The van der Waals surface area contributed by atoms with Gasteiger partial charge in [0.1, 0.15) is 10.6 Å². The molecule has 1 N–H and O–H groups in total. The highest BCUT2D eigenvalue weighted by Crippen LogP contribution is 2.25. The number of hydrogen-bond acceptors (Lipinski definition) is 6. The fraction of sp³-hybridized carbons (Fsp3) is 0.417. The second-order valence-corrected chi connectivity index (χ2v) is 4.69. The molecule has 6 nitrogen and oxygen atoms in total. The fourth-order valence-corrected chi connectivity index (χ4v) is 2.46. The molecule has 0 radical (unpaired) electrons. The third kappa shape index (κ3) is 3.31. The zero-order valence-corrected chi connectivity index (χ0v) is 11.7. The highest BCUT2D eigenvalue weighted by molar-refractivity contribution is 7.10. The van der Waals surface area contributed by atoms with Gasteiger partial charge in [-0.3, -0.25) is 0 Å². The number of aromatic nitrogens is 3. The van der Waals surface area contributed by atoms with Crippen molar-refractivity contribution < 1.29 is 9.53 Å². The predicted molar refractivity (Wildman–Crippen MR) is 73.5 cm³/mol.